The van der Waals surface area contributed by atoms with E-state index in [1.807, 2.05) is 0 Å². The van der Waals surface area contributed by atoms with Crippen molar-refractivity contribution in [3.8, 4) is 0 Å². The smallest absolute Gasteiger partial charge is 0.314 e. The molecule has 0 aliphatic carbocycles. The number of nitrogens with one attached hydrogen (secondary N) is 2. The second-order valence-electron chi connectivity index (χ2n) is 6.49. The van der Waals surface area contributed by atoms with Gasteiger partial charge < -0.3 is 15.2 Å². The zero-order valence-corrected chi connectivity index (χ0v) is 14.4. The van der Waals surface area contributed by atoms with E-state index in [1.54, 1.807) is 0 Å². The molecule has 0 saturated carbocycles. The quantitative estimate of drug-likeness (QED) is 0.854. The van der Waals surface area contributed by atoms with Gasteiger partial charge in [0.05, 0.1) is 0 Å². The summed E-state index contributed by atoms with van der Waals surface area (Å²) in [5.74, 6) is 2.33. The molecule has 3 rings (SSSR count). The summed E-state index contributed by atoms with van der Waals surface area (Å²) in [6.07, 6.45) is 2.87. The molecule has 24 heavy (non-hydrogen) atoms. The summed E-state index contributed by atoms with van der Waals surface area (Å²) in [4.78, 5) is 11.9. The number of aryl methyl sites for hydroxylation is 2. The van der Waals surface area contributed by atoms with Crippen LogP contribution >= 0.6 is 0 Å². The first-order valence-electron chi connectivity index (χ1n) is 8.62. The van der Waals surface area contributed by atoms with E-state index in [4.69, 9.17) is 0 Å². The van der Waals surface area contributed by atoms with Crippen molar-refractivity contribution in [2.45, 2.75) is 45.6 Å². The number of rotatable bonds is 6. The van der Waals surface area contributed by atoms with Gasteiger partial charge in [-0.3, -0.25) is 0 Å². The van der Waals surface area contributed by atoms with Gasteiger partial charge in [0.15, 0.2) is 0 Å². The molecule has 0 bridgehead atoms. The topological polar surface area (TPSA) is 71.8 Å². The number of hydrogen-bond acceptors (Lipinski definition) is 3. The summed E-state index contributed by atoms with van der Waals surface area (Å²) in [7, 11) is 0. The molecule has 2 heterocycles. The third kappa shape index (κ3) is 3.93. The second kappa shape index (κ2) is 7.47. The first kappa shape index (κ1) is 16.5. The minimum Gasteiger partial charge on any atom is -0.338 e. The lowest BCUT2D eigenvalue weighted by Gasteiger charge is -2.14. The largest absolute Gasteiger partial charge is 0.338 e. The molecule has 0 unspecified atom stereocenters. The third-order valence-electron chi connectivity index (χ3n) is 4.50. The summed E-state index contributed by atoms with van der Waals surface area (Å²) in [6, 6.07) is 8.27. The highest BCUT2D eigenvalue weighted by molar-refractivity contribution is 5.73. The molecule has 0 fully saturated rings. The number of amides is 2. The molecule has 0 saturated heterocycles. The van der Waals surface area contributed by atoms with Crippen molar-refractivity contribution >= 4 is 6.03 Å². The first-order chi connectivity index (χ1) is 11.6. The Morgan fingerprint density at radius 3 is 3.04 bits per heavy atom. The van der Waals surface area contributed by atoms with Gasteiger partial charge in [0.2, 0.25) is 0 Å². The van der Waals surface area contributed by atoms with Crippen LogP contribution in [0.5, 0.6) is 0 Å². The average Bonchev–Trinajstić information content (AvgIpc) is 3.17. The molecule has 6 nitrogen and oxygen atoms in total. The first-order valence-corrected chi connectivity index (χ1v) is 8.62. The Balaban J connectivity index is 1.39. The van der Waals surface area contributed by atoms with Crippen LogP contribution in [-0.2, 0) is 19.4 Å². The SMILES string of the molecule is Cc1cccc([C@H](C)CNC(=O)NCCc2nnc3n2CCC3)c1. The molecule has 1 atom stereocenters. The van der Waals surface area contributed by atoms with Gasteiger partial charge in [0, 0.05) is 32.5 Å². The van der Waals surface area contributed by atoms with E-state index in [-0.39, 0.29) is 11.9 Å². The Bertz CT molecular complexity index is 709. The minimum absolute atomic E-state index is 0.129. The predicted octanol–water partition coefficient (Wildman–Crippen LogP) is 2.18. The Kier molecular flexibility index (Phi) is 5.13. The molecule has 2 aromatic rings. The van der Waals surface area contributed by atoms with Gasteiger partial charge in [-0.15, -0.1) is 10.2 Å². The van der Waals surface area contributed by atoms with Crippen LogP contribution in [0, 0.1) is 6.92 Å². The molecular weight excluding hydrogens is 302 g/mol. The maximum absolute atomic E-state index is 11.9. The lowest BCUT2D eigenvalue weighted by molar-refractivity contribution is 0.240. The van der Waals surface area contributed by atoms with E-state index in [0.29, 0.717) is 19.5 Å². The lowest BCUT2D eigenvalue weighted by atomic mass is 9.99. The van der Waals surface area contributed by atoms with E-state index in [9.17, 15) is 4.79 Å². The molecule has 2 N–H and O–H groups in total. The molecule has 6 heteroatoms. The standard InChI is InChI=1S/C18H25N5O/c1-13-5-3-6-15(11-13)14(2)12-20-18(24)19-9-8-17-22-21-16-7-4-10-23(16)17/h3,5-6,11,14H,4,7-10,12H2,1-2H3,(H2,19,20,24)/t14-/m1/s1. The lowest BCUT2D eigenvalue weighted by Crippen LogP contribution is -2.38. The van der Waals surface area contributed by atoms with Crippen molar-refractivity contribution in [2.75, 3.05) is 13.1 Å². The van der Waals surface area contributed by atoms with Crippen molar-refractivity contribution in [3.63, 3.8) is 0 Å². The van der Waals surface area contributed by atoms with E-state index < -0.39 is 0 Å². The van der Waals surface area contributed by atoms with Crippen molar-refractivity contribution in [1.29, 1.82) is 0 Å². The van der Waals surface area contributed by atoms with Crippen molar-refractivity contribution in [1.82, 2.24) is 25.4 Å². The summed E-state index contributed by atoms with van der Waals surface area (Å²) < 4.78 is 2.17. The van der Waals surface area contributed by atoms with E-state index >= 15 is 0 Å². The zero-order chi connectivity index (χ0) is 16.9. The summed E-state index contributed by atoms with van der Waals surface area (Å²) >= 11 is 0. The van der Waals surface area contributed by atoms with Gasteiger partial charge in [0.1, 0.15) is 11.6 Å². The van der Waals surface area contributed by atoms with E-state index in [1.165, 1.54) is 11.1 Å². The summed E-state index contributed by atoms with van der Waals surface area (Å²) in [5, 5.41) is 14.2. The fourth-order valence-corrected chi connectivity index (χ4v) is 3.09. The van der Waals surface area contributed by atoms with Crippen LogP contribution < -0.4 is 10.6 Å². The zero-order valence-electron chi connectivity index (χ0n) is 14.4. The number of carbonyl (C=O) groups is 1. The van der Waals surface area contributed by atoms with Gasteiger partial charge >= 0.3 is 6.03 Å². The normalized spacial score (nSPS) is 14.2. The van der Waals surface area contributed by atoms with Crippen LogP contribution in [-0.4, -0.2) is 33.9 Å². The van der Waals surface area contributed by atoms with Crippen LogP contribution in [0.4, 0.5) is 4.79 Å². The van der Waals surface area contributed by atoms with E-state index in [0.717, 1.165) is 31.0 Å². The Morgan fingerprint density at radius 1 is 1.33 bits per heavy atom. The molecular formula is C18H25N5O. The number of aromatic nitrogens is 3. The summed E-state index contributed by atoms with van der Waals surface area (Å²) in [6.45, 7) is 6.39. The average molecular weight is 327 g/mol. The minimum atomic E-state index is -0.129. The fraction of sp³-hybridized carbons (Fsp3) is 0.500. The molecule has 2 amide bonds. The van der Waals surface area contributed by atoms with Gasteiger partial charge in [-0.25, -0.2) is 4.79 Å². The Labute approximate surface area is 142 Å². The molecule has 1 aliphatic heterocycles. The van der Waals surface area contributed by atoms with Gasteiger partial charge in [-0.05, 0) is 24.8 Å². The van der Waals surface area contributed by atoms with Crippen LogP contribution in [0.15, 0.2) is 24.3 Å². The van der Waals surface area contributed by atoms with E-state index in [2.05, 4.69) is 63.5 Å². The molecule has 128 valence electrons. The maximum atomic E-state index is 11.9. The van der Waals surface area contributed by atoms with Crippen LogP contribution in [0.3, 0.4) is 0 Å². The van der Waals surface area contributed by atoms with Crippen molar-refractivity contribution < 1.29 is 4.79 Å². The highest BCUT2D eigenvalue weighted by Gasteiger charge is 2.16. The number of nitrogens with zero attached hydrogens (tertiary/aromatic N) is 3. The molecule has 1 aromatic heterocycles. The number of benzene rings is 1. The highest BCUT2D eigenvalue weighted by atomic mass is 16.2. The Morgan fingerprint density at radius 2 is 2.21 bits per heavy atom. The van der Waals surface area contributed by atoms with Crippen molar-refractivity contribution in [2.24, 2.45) is 0 Å². The maximum Gasteiger partial charge on any atom is 0.314 e. The van der Waals surface area contributed by atoms with Gasteiger partial charge in [-0.2, -0.15) is 0 Å². The predicted molar refractivity (Wildman–Crippen MR) is 93.0 cm³/mol. The molecule has 0 spiro atoms. The second-order valence-corrected chi connectivity index (χ2v) is 6.49. The van der Waals surface area contributed by atoms with Crippen LogP contribution in [0.1, 0.15) is 42.0 Å². The van der Waals surface area contributed by atoms with Crippen LogP contribution in [0.25, 0.3) is 0 Å². The Hall–Kier alpha value is -2.37. The molecule has 1 aliphatic rings. The number of carbonyl (C=O) groups excluding carboxylic acids is 1. The monoisotopic (exact) mass is 327 g/mol. The molecule has 0 radical (unpaired) electrons. The third-order valence-corrected chi connectivity index (χ3v) is 4.50. The highest BCUT2D eigenvalue weighted by Crippen LogP contribution is 2.15. The number of fused-ring (bicyclic) bond motifs is 1. The number of urea groups is 1. The summed E-state index contributed by atoms with van der Waals surface area (Å²) in [5.41, 5.74) is 2.49. The number of hydrogen-bond donors (Lipinski definition) is 2. The van der Waals surface area contributed by atoms with Crippen LogP contribution in [0.2, 0.25) is 0 Å². The van der Waals surface area contributed by atoms with Gasteiger partial charge in [0.25, 0.3) is 0 Å². The molecule has 1 aromatic carbocycles. The van der Waals surface area contributed by atoms with Gasteiger partial charge in [-0.1, -0.05) is 36.8 Å². The van der Waals surface area contributed by atoms with Crippen molar-refractivity contribution in [3.05, 3.63) is 47.0 Å². The fourth-order valence-electron chi connectivity index (χ4n) is 3.09.